The van der Waals surface area contributed by atoms with Crippen molar-refractivity contribution in [3.63, 3.8) is 0 Å². The van der Waals surface area contributed by atoms with Crippen LogP contribution in [0.4, 0.5) is 36.8 Å². The number of carboxylic acid groups (broad SMARTS) is 1. The van der Waals surface area contributed by atoms with Crippen LogP contribution in [0.15, 0.2) is 41.4 Å². The van der Waals surface area contributed by atoms with Crippen LogP contribution in [0.25, 0.3) is 0 Å². The molecule has 0 atom stereocenters. The van der Waals surface area contributed by atoms with Crippen LogP contribution in [0.2, 0.25) is 0 Å². The zero-order chi connectivity index (χ0) is 32.0. The Kier molecular flexibility index (Phi) is 7.66. The number of aromatic carboxylic acids is 1. The molecule has 1 fully saturated rings. The lowest BCUT2D eigenvalue weighted by molar-refractivity contribution is 0.0506. The fourth-order valence-corrected chi connectivity index (χ4v) is 5.79. The number of hydrogen-bond acceptors (Lipinski definition) is 7. The first-order valence-electron chi connectivity index (χ1n) is 13.5. The number of anilines is 3. The summed E-state index contributed by atoms with van der Waals surface area (Å²) < 4.78 is 65.4. The van der Waals surface area contributed by atoms with Crippen molar-refractivity contribution in [2.45, 2.75) is 57.9 Å². The third-order valence-corrected chi connectivity index (χ3v) is 8.35. The second-order valence-corrected chi connectivity index (χ2v) is 13.6. The van der Waals surface area contributed by atoms with Gasteiger partial charge >= 0.3 is 16.2 Å². The van der Waals surface area contributed by atoms with Gasteiger partial charge in [-0.15, -0.1) is 0 Å². The molecule has 0 spiro atoms. The second kappa shape index (κ2) is 10.3. The highest BCUT2D eigenvalue weighted by molar-refractivity contribution is 8.45. The first-order valence-corrected chi connectivity index (χ1v) is 15.4. The maximum atomic E-state index is 13.6. The minimum atomic E-state index is -9.79. The van der Waals surface area contributed by atoms with E-state index in [1.165, 1.54) is 6.20 Å². The Morgan fingerprint density at radius 1 is 1.05 bits per heavy atom. The largest absolute Gasteiger partial charge is 0.478 e. The molecule has 234 valence electrons. The highest BCUT2D eigenvalue weighted by Crippen LogP contribution is 3.02. The smallest absolute Gasteiger partial charge is 0.337 e. The fraction of sp³-hybridized carbons (Fsp3) is 0.393. The Hall–Kier alpha value is -4.01. The average molecular weight is 629 g/mol. The van der Waals surface area contributed by atoms with E-state index in [0.29, 0.717) is 67.4 Å². The molecular formula is C28H33F5N6O3S. The summed E-state index contributed by atoms with van der Waals surface area (Å²) >= 11 is 0. The fourth-order valence-electron chi connectivity index (χ4n) is 5.14. The molecule has 9 nitrogen and oxygen atoms in total. The van der Waals surface area contributed by atoms with E-state index >= 15 is 0 Å². The van der Waals surface area contributed by atoms with Crippen molar-refractivity contribution in [2.24, 2.45) is 0 Å². The molecule has 1 amide bonds. The maximum Gasteiger partial charge on any atom is 0.337 e. The Balaban J connectivity index is 1.54. The van der Waals surface area contributed by atoms with Crippen LogP contribution in [0.1, 0.15) is 65.0 Å². The SMILES string of the molecule is CCCc1nc(C(=O)N2CCN(c3cc(C)c(C(=O)O)c(C)n3)CC2(C)C)cnc1Nc1ccc(S(F)(F)(F)(F)F)cc1. The summed E-state index contributed by atoms with van der Waals surface area (Å²) in [6, 6.07) is 4.13. The number of carbonyl (C=O) groups is 2. The predicted molar refractivity (Wildman–Crippen MR) is 155 cm³/mol. The highest BCUT2D eigenvalue weighted by Gasteiger charge is 2.65. The molecule has 0 aliphatic carbocycles. The van der Waals surface area contributed by atoms with E-state index in [2.05, 4.69) is 20.3 Å². The van der Waals surface area contributed by atoms with Gasteiger partial charge in [-0.25, -0.2) is 19.7 Å². The zero-order valence-corrected chi connectivity index (χ0v) is 25.1. The van der Waals surface area contributed by atoms with Crippen molar-refractivity contribution in [1.82, 2.24) is 19.9 Å². The van der Waals surface area contributed by atoms with Gasteiger partial charge in [0.1, 0.15) is 16.4 Å². The van der Waals surface area contributed by atoms with E-state index in [0.717, 1.165) is 12.1 Å². The van der Waals surface area contributed by atoms with Crippen LogP contribution in [0, 0.1) is 13.8 Å². The standard InChI is InChI=1S/C28H33F5N6O3S/c1-6-7-21-25(36-19-8-10-20(11-9-19)43(29,30,31,32)33)34-15-22(37-21)26(40)39-13-12-38(16-28(39,4)5)23-14-17(2)24(27(41)42)18(3)35-23/h8-11,14-15H,6-7,12-13,16H2,1-5H3,(H,34,36)(H,41,42). The monoisotopic (exact) mass is 628 g/mol. The Labute approximate surface area is 245 Å². The number of carboxylic acids is 1. The molecule has 4 rings (SSSR count). The van der Waals surface area contributed by atoms with E-state index in [9.17, 15) is 34.1 Å². The number of aryl methyl sites for hydroxylation is 3. The number of halogens is 5. The molecule has 2 aromatic heterocycles. The number of hydrogen-bond donors (Lipinski definition) is 2. The minimum absolute atomic E-state index is 0.0856. The van der Waals surface area contributed by atoms with Gasteiger partial charge < -0.3 is 20.2 Å². The second-order valence-electron chi connectivity index (χ2n) is 11.2. The molecule has 3 aromatic rings. The molecule has 0 radical (unpaired) electrons. The van der Waals surface area contributed by atoms with E-state index in [1.807, 2.05) is 25.7 Å². The average Bonchev–Trinajstić information content (AvgIpc) is 2.87. The van der Waals surface area contributed by atoms with Crippen molar-refractivity contribution in [3.05, 3.63) is 64.7 Å². The molecule has 3 heterocycles. The summed E-state index contributed by atoms with van der Waals surface area (Å²) in [5.41, 5.74) is 1.08. The molecule has 1 saturated heterocycles. The molecule has 1 aliphatic rings. The molecule has 0 saturated carbocycles. The number of rotatable bonds is 8. The number of nitrogens with zero attached hydrogens (tertiary/aromatic N) is 5. The molecule has 43 heavy (non-hydrogen) atoms. The van der Waals surface area contributed by atoms with E-state index in [4.69, 9.17) is 0 Å². The number of nitrogens with one attached hydrogen (secondary N) is 1. The van der Waals surface area contributed by atoms with Gasteiger partial charge in [-0.05, 0) is 70.0 Å². The van der Waals surface area contributed by atoms with Crippen molar-refractivity contribution in [3.8, 4) is 0 Å². The van der Waals surface area contributed by atoms with Crippen molar-refractivity contribution >= 4 is 39.4 Å². The topological polar surface area (TPSA) is 112 Å². The Morgan fingerprint density at radius 3 is 2.23 bits per heavy atom. The van der Waals surface area contributed by atoms with Gasteiger partial charge in [-0.3, -0.25) is 4.79 Å². The lowest BCUT2D eigenvalue weighted by Crippen LogP contribution is -2.61. The van der Waals surface area contributed by atoms with Crippen LogP contribution in [-0.4, -0.2) is 62.0 Å². The summed E-state index contributed by atoms with van der Waals surface area (Å²) in [7, 11) is -9.79. The van der Waals surface area contributed by atoms with E-state index in [-0.39, 0.29) is 28.7 Å². The number of piperazine rings is 1. The molecule has 1 aromatic carbocycles. The molecule has 1 aliphatic heterocycles. The number of amides is 1. The van der Waals surface area contributed by atoms with Gasteiger partial charge in [0.2, 0.25) is 0 Å². The van der Waals surface area contributed by atoms with E-state index < -0.39 is 26.6 Å². The molecule has 15 heteroatoms. The number of carbonyl (C=O) groups excluding carboxylic acids is 1. The maximum absolute atomic E-state index is 13.6. The van der Waals surface area contributed by atoms with Crippen LogP contribution in [0.5, 0.6) is 0 Å². The third-order valence-electron chi connectivity index (χ3n) is 7.18. The minimum Gasteiger partial charge on any atom is -0.478 e. The van der Waals surface area contributed by atoms with Crippen LogP contribution in [0.3, 0.4) is 0 Å². The molecule has 0 bridgehead atoms. The summed E-state index contributed by atoms with van der Waals surface area (Å²) in [6.07, 6.45) is 2.29. The lowest BCUT2D eigenvalue weighted by Gasteiger charge is -2.47. The van der Waals surface area contributed by atoms with Gasteiger partial charge in [0.15, 0.2) is 5.82 Å². The van der Waals surface area contributed by atoms with Crippen LogP contribution >= 0.6 is 10.2 Å². The van der Waals surface area contributed by atoms with Gasteiger partial charge in [0.25, 0.3) is 5.91 Å². The summed E-state index contributed by atoms with van der Waals surface area (Å²) in [4.78, 5) is 40.2. The summed E-state index contributed by atoms with van der Waals surface area (Å²) in [6.45, 7) is 10.2. The van der Waals surface area contributed by atoms with Crippen molar-refractivity contribution in [1.29, 1.82) is 0 Å². The normalized spacial score (nSPS) is 16.8. The van der Waals surface area contributed by atoms with Crippen LogP contribution < -0.4 is 10.2 Å². The molecular weight excluding hydrogens is 595 g/mol. The first-order chi connectivity index (χ1) is 19.7. The number of aromatic nitrogens is 3. The molecule has 0 unspecified atom stereocenters. The summed E-state index contributed by atoms with van der Waals surface area (Å²) in [5, 5.41) is 12.3. The van der Waals surface area contributed by atoms with Gasteiger partial charge in [0.05, 0.1) is 28.7 Å². The van der Waals surface area contributed by atoms with Gasteiger partial charge in [-0.1, -0.05) is 32.8 Å². The van der Waals surface area contributed by atoms with E-state index in [1.54, 1.807) is 24.8 Å². The van der Waals surface area contributed by atoms with Crippen LogP contribution in [-0.2, 0) is 6.42 Å². The Bertz CT molecular complexity index is 1560. The zero-order valence-electron chi connectivity index (χ0n) is 24.3. The van der Waals surface area contributed by atoms with Crippen molar-refractivity contribution in [2.75, 3.05) is 29.9 Å². The number of pyridine rings is 1. The Morgan fingerprint density at radius 2 is 1.70 bits per heavy atom. The first kappa shape index (κ1) is 31.9. The van der Waals surface area contributed by atoms with Crippen molar-refractivity contribution < 1.29 is 34.1 Å². The van der Waals surface area contributed by atoms with Gasteiger partial charge in [-0.2, -0.15) is 0 Å². The number of benzene rings is 1. The summed E-state index contributed by atoms with van der Waals surface area (Å²) in [5.74, 6) is -0.582. The third kappa shape index (κ3) is 6.98. The molecule has 2 N–H and O–H groups in total. The lowest BCUT2D eigenvalue weighted by atomic mass is 9.97. The predicted octanol–water partition coefficient (Wildman–Crippen LogP) is 7.28. The van der Waals surface area contributed by atoms with Gasteiger partial charge in [0, 0.05) is 25.3 Å². The highest BCUT2D eigenvalue weighted by atomic mass is 32.5. The quantitative estimate of drug-likeness (QED) is 0.251.